The average molecular weight is 436 g/mol. The first-order valence-electron chi connectivity index (χ1n) is 10.6. The van der Waals surface area contributed by atoms with Crippen LogP contribution in [0, 0.1) is 0 Å². The fraction of sp³-hybridized carbons (Fsp3) is 0.409. The van der Waals surface area contributed by atoms with Crippen molar-refractivity contribution in [3.8, 4) is 5.88 Å². The highest BCUT2D eigenvalue weighted by atomic mass is 16.5. The van der Waals surface area contributed by atoms with Crippen molar-refractivity contribution in [3.05, 3.63) is 46.9 Å². The third-order valence-electron chi connectivity index (χ3n) is 5.81. The minimum Gasteiger partial charge on any atom is -0.477 e. The molecule has 0 bridgehead atoms. The van der Waals surface area contributed by atoms with Crippen molar-refractivity contribution in [2.45, 2.75) is 39.1 Å². The summed E-state index contributed by atoms with van der Waals surface area (Å²) < 4.78 is 16.7. The lowest BCUT2D eigenvalue weighted by molar-refractivity contribution is -0.0332. The van der Waals surface area contributed by atoms with Gasteiger partial charge in [0.05, 0.1) is 62.5 Å². The molecule has 2 aliphatic heterocycles. The topological polar surface area (TPSA) is 126 Å². The highest BCUT2D eigenvalue weighted by Gasteiger charge is 2.36. The van der Waals surface area contributed by atoms with E-state index in [1.54, 1.807) is 23.2 Å². The van der Waals surface area contributed by atoms with Crippen molar-refractivity contribution in [2.24, 2.45) is 0 Å². The van der Waals surface area contributed by atoms with E-state index in [4.69, 9.17) is 19.9 Å². The van der Waals surface area contributed by atoms with Crippen LogP contribution in [0.25, 0.3) is 10.9 Å². The molecule has 2 atom stereocenters. The van der Waals surface area contributed by atoms with E-state index in [1.807, 2.05) is 19.9 Å². The maximum Gasteiger partial charge on any atom is 0.273 e. The Hall–Kier alpha value is -3.37. The summed E-state index contributed by atoms with van der Waals surface area (Å²) in [5, 5.41) is 9.22. The van der Waals surface area contributed by atoms with Crippen LogP contribution in [-0.2, 0) is 22.7 Å². The minimum absolute atomic E-state index is 0.161. The molecular weight excluding hydrogens is 412 g/mol. The molecule has 10 nitrogen and oxygen atoms in total. The highest BCUT2D eigenvalue weighted by Crippen LogP contribution is 2.32. The molecule has 32 heavy (non-hydrogen) atoms. The number of anilines is 1. The van der Waals surface area contributed by atoms with Crippen LogP contribution in [0.15, 0.2) is 24.4 Å². The fourth-order valence-corrected chi connectivity index (χ4v) is 4.24. The number of ether oxygens (including phenoxy) is 3. The van der Waals surface area contributed by atoms with Crippen molar-refractivity contribution in [1.82, 2.24) is 25.1 Å². The molecule has 1 fully saturated rings. The average Bonchev–Trinajstić information content (AvgIpc) is 3.30. The molecule has 166 valence electrons. The molecular formula is C22H24N6O4. The van der Waals surface area contributed by atoms with Gasteiger partial charge in [0.15, 0.2) is 0 Å². The number of morpholine rings is 1. The summed E-state index contributed by atoms with van der Waals surface area (Å²) in [4.78, 5) is 24.2. The summed E-state index contributed by atoms with van der Waals surface area (Å²) in [6, 6.07) is 4.80. The Bertz CT molecular complexity index is 1170. The maximum absolute atomic E-state index is 13.6. The fourth-order valence-electron chi connectivity index (χ4n) is 4.24. The van der Waals surface area contributed by atoms with Crippen LogP contribution in [-0.4, -0.2) is 56.8 Å². The molecule has 2 N–H and O–H groups in total. The molecule has 2 aliphatic rings. The van der Waals surface area contributed by atoms with Gasteiger partial charge in [0.2, 0.25) is 5.88 Å². The third-order valence-corrected chi connectivity index (χ3v) is 5.81. The molecule has 3 aromatic heterocycles. The van der Waals surface area contributed by atoms with Crippen LogP contribution in [0.3, 0.4) is 0 Å². The lowest BCUT2D eigenvalue weighted by Crippen LogP contribution is -2.49. The zero-order chi connectivity index (χ0) is 22.2. The van der Waals surface area contributed by atoms with Gasteiger partial charge in [0.25, 0.3) is 5.91 Å². The van der Waals surface area contributed by atoms with Crippen molar-refractivity contribution < 1.29 is 19.0 Å². The van der Waals surface area contributed by atoms with E-state index >= 15 is 0 Å². The van der Waals surface area contributed by atoms with Gasteiger partial charge in [-0.25, -0.2) is 9.97 Å². The SMILES string of the molecule is CCOc1ccc([C@@H]2COC[C@H](C)N2C(=O)c2cc3c4c(c(N)nc3cn2)COC4)nn1. The summed E-state index contributed by atoms with van der Waals surface area (Å²) >= 11 is 0. The van der Waals surface area contributed by atoms with Gasteiger partial charge in [0, 0.05) is 17.0 Å². The number of hydrogen-bond acceptors (Lipinski definition) is 9. The predicted molar refractivity (Wildman–Crippen MR) is 115 cm³/mol. The zero-order valence-corrected chi connectivity index (χ0v) is 17.9. The van der Waals surface area contributed by atoms with Gasteiger partial charge >= 0.3 is 0 Å². The summed E-state index contributed by atoms with van der Waals surface area (Å²) in [6.07, 6.45) is 1.59. The number of aromatic nitrogens is 4. The van der Waals surface area contributed by atoms with Gasteiger partial charge in [-0.1, -0.05) is 0 Å². The molecule has 0 spiro atoms. The second kappa shape index (κ2) is 8.29. The second-order valence-electron chi connectivity index (χ2n) is 7.88. The molecule has 0 radical (unpaired) electrons. The van der Waals surface area contributed by atoms with E-state index in [0.29, 0.717) is 61.6 Å². The number of nitrogen functional groups attached to an aromatic ring is 1. The number of rotatable bonds is 4. The Morgan fingerprint density at radius 1 is 1.22 bits per heavy atom. The molecule has 3 aromatic rings. The van der Waals surface area contributed by atoms with Gasteiger partial charge in [0.1, 0.15) is 11.5 Å². The Morgan fingerprint density at radius 2 is 2.06 bits per heavy atom. The molecule has 1 saturated heterocycles. The van der Waals surface area contributed by atoms with Gasteiger partial charge < -0.3 is 24.8 Å². The van der Waals surface area contributed by atoms with E-state index in [9.17, 15) is 4.79 Å². The third kappa shape index (κ3) is 3.51. The van der Waals surface area contributed by atoms with Crippen LogP contribution < -0.4 is 10.5 Å². The zero-order valence-electron chi connectivity index (χ0n) is 17.9. The summed E-state index contributed by atoms with van der Waals surface area (Å²) in [5.74, 6) is 0.688. The standard InChI is InChI=1S/C22H24N6O4/c1-3-32-20-5-4-16(26-27-20)19-11-30-8-12(2)28(19)22(29)17-6-13-14-9-31-10-15(14)21(23)25-18(13)7-24-17/h4-7,12,19H,3,8-11H2,1-2H3,(H2,23,25)/t12-,19-/m0/s1. The molecule has 5 heterocycles. The monoisotopic (exact) mass is 436 g/mol. The summed E-state index contributed by atoms with van der Waals surface area (Å²) in [7, 11) is 0. The number of amides is 1. The molecule has 10 heteroatoms. The van der Waals surface area contributed by atoms with Gasteiger partial charge in [-0.2, -0.15) is 0 Å². The second-order valence-corrected chi connectivity index (χ2v) is 7.88. The molecule has 0 unspecified atom stereocenters. The summed E-state index contributed by atoms with van der Waals surface area (Å²) in [6.45, 7) is 5.96. The lowest BCUT2D eigenvalue weighted by Gasteiger charge is -2.39. The van der Waals surface area contributed by atoms with E-state index in [-0.39, 0.29) is 18.0 Å². The Kier molecular flexibility index (Phi) is 5.32. The first-order valence-corrected chi connectivity index (χ1v) is 10.6. The van der Waals surface area contributed by atoms with Crippen LogP contribution in [0.4, 0.5) is 5.82 Å². The highest BCUT2D eigenvalue weighted by molar-refractivity contribution is 5.97. The number of carbonyl (C=O) groups is 1. The van der Waals surface area contributed by atoms with Gasteiger partial charge in [-0.15, -0.1) is 10.2 Å². The predicted octanol–water partition coefficient (Wildman–Crippen LogP) is 2.03. The van der Waals surface area contributed by atoms with E-state index in [2.05, 4.69) is 20.2 Å². The van der Waals surface area contributed by atoms with Crippen molar-refractivity contribution in [2.75, 3.05) is 25.6 Å². The number of pyridine rings is 2. The van der Waals surface area contributed by atoms with Gasteiger partial charge in [-0.3, -0.25) is 4.79 Å². The normalized spacial score (nSPS) is 20.4. The molecule has 1 amide bonds. The molecule has 5 rings (SSSR count). The first-order chi connectivity index (χ1) is 15.6. The first kappa shape index (κ1) is 20.5. The van der Waals surface area contributed by atoms with E-state index < -0.39 is 0 Å². The quantitative estimate of drug-likeness (QED) is 0.654. The molecule has 0 aromatic carbocycles. The van der Waals surface area contributed by atoms with Crippen LogP contribution >= 0.6 is 0 Å². The maximum atomic E-state index is 13.6. The Morgan fingerprint density at radius 3 is 2.84 bits per heavy atom. The van der Waals surface area contributed by atoms with Crippen LogP contribution in [0.1, 0.15) is 47.2 Å². The van der Waals surface area contributed by atoms with Gasteiger partial charge in [-0.05, 0) is 31.5 Å². The van der Waals surface area contributed by atoms with Crippen molar-refractivity contribution in [1.29, 1.82) is 0 Å². The van der Waals surface area contributed by atoms with E-state index in [1.165, 1.54) is 0 Å². The van der Waals surface area contributed by atoms with Crippen LogP contribution in [0.2, 0.25) is 0 Å². The number of carbonyl (C=O) groups excluding carboxylic acids is 1. The van der Waals surface area contributed by atoms with Crippen LogP contribution in [0.5, 0.6) is 5.88 Å². The lowest BCUT2D eigenvalue weighted by atomic mass is 10.0. The molecule has 0 saturated carbocycles. The number of fused-ring (bicyclic) bond motifs is 3. The largest absolute Gasteiger partial charge is 0.477 e. The van der Waals surface area contributed by atoms with Crippen molar-refractivity contribution >= 4 is 22.6 Å². The number of nitrogens with two attached hydrogens (primary N) is 1. The number of nitrogens with zero attached hydrogens (tertiary/aromatic N) is 5. The Labute approximate surface area is 184 Å². The summed E-state index contributed by atoms with van der Waals surface area (Å²) in [5.41, 5.74) is 9.51. The Balaban J connectivity index is 1.51. The molecule has 0 aliphatic carbocycles. The van der Waals surface area contributed by atoms with E-state index in [0.717, 1.165) is 16.5 Å². The smallest absolute Gasteiger partial charge is 0.273 e. The van der Waals surface area contributed by atoms with Crippen molar-refractivity contribution in [3.63, 3.8) is 0 Å². The number of hydrogen-bond donors (Lipinski definition) is 1. The minimum atomic E-state index is -0.384.